The van der Waals surface area contributed by atoms with Gasteiger partial charge in [0.15, 0.2) is 0 Å². The highest BCUT2D eigenvalue weighted by Crippen LogP contribution is 2.27. The molecule has 1 unspecified atom stereocenters. The summed E-state index contributed by atoms with van der Waals surface area (Å²) in [6.45, 7) is 6.33. The highest BCUT2D eigenvalue weighted by molar-refractivity contribution is 7.90. The fourth-order valence-corrected chi connectivity index (χ4v) is 5.08. The second-order valence-corrected chi connectivity index (χ2v) is 9.79. The molecule has 26 heavy (non-hydrogen) atoms. The molecule has 0 radical (unpaired) electrons. The van der Waals surface area contributed by atoms with Gasteiger partial charge < -0.3 is 9.30 Å². The molecule has 0 amide bonds. The van der Waals surface area contributed by atoms with Crippen molar-refractivity contribution in [3.63, 3.8) is 0 Å². The van der Waals surface area contributed by atoms with Crippen molar-refractivity contribution in [3.05, 3.63) is 11.9 Å². The van der Waals surface area contributed by atoms with Gasteiger partial charge in [-0.05, 0) is 38.1 Å². The topological polar surface area (TPSA) is 64.4 Å². The van der Waals surface area contributed by atoms with E-state index in [2.05, 4.69) is 16.8 Å². The van der Waals surface area contributed by atoms with Crippen LogP contribution in [-0.2, 0) is 27.7 Å². The van der Waals surface area contributed by atoms with Crippen LogP contribution in [0.2, 0.25) is 0 Å². The lowest BCUT2D eigenvalue weighted by Crippen LogP contribution is -2.32. The first-order valence-electron chi connectivity index (χ1n) is 10.1. The van der Waals surface area contributed by atoms with E-state index in [1.807, 2.05) is 4.57 Å². The highest BCUT2D eigenvalue weighted by atomic mass is 32.2. The van der Waals surface area contributed by atoms with Crippen LogP contribution >= 0.6 is 0 Å². The maximum absolute atomic E-state index is 12.2. The number of hydrogen-bond donors (Lipinski definition) is 0. The van der Waals surface area contributed by atoms with Gasteiger partial charge in [0, 0.05) is 32.5 Å². The van der Waals surface area contributed by atoms with Gasteiger partial charge >= 0.3 is 0 Å². The fourth-order valence-electron chi connectivity index (χ4n) is 4.25. The molecule has 1 atom stereocenters. The summed E-state index contributed by atoms with van der Waals surface area (Å²) in [7, 11) is -3.32. The van der Waals surface area contributed by atoms with Crippen LogP contribution in [0.15, 0.2) is 11.4 Å². The van der Waals surface area contributed by atoms with Gasteiger partial charge in [-0.2, -0.15) is 0 Å². The predicted molar refractivity (Wildman–Crippen MR) is 102 cm³/mol. The van der Waals surface area contributed by atoms with Crippen LogP contribution in [0, 0.1) is 5.92 Å². The van der Waals surface area contributed by atoms with Gasteiger partial charge in [-0.25, -0.2) is 13.4 Å². The van der Waals surface area contributed by atoms with Crippen molar-refractivity contribution in [2.75, 3.05) is 26.0 Å². The largest absolute Gasteiger partial charge is 0.377 e. The zero-order chi connectivity index (χ0) is 18.6. The van der Waals surface area contributed by atoms with Crippen LogP contribution in [0.5, 0.6) is 0 Å². The molecule has 1 aromatic rings. The van der Waals surface area contributed by atoms with Gasteiger partial charge in [-0.15, -0.1) is 0 Å². The van der Waals surface area contributed by atoms with Crippen molar-refractivity contribution < 1.29 is 13.2 Å². The standard InChI is InChI=1S/C19H33N3O3S/c1-3-21(15-18-10-7-11-25-18)14-17-12-20-19(26(2,23)24)22(17)13-16-8-5-4-6-9-16/h12,16,18H,3-11,13-15H2,1-2H3. The van der Waals surface area contributed by atoms with Crippen LogP contribution in [0.4, 0.5) is 0 Å². The minimum atomic E-state index is -3.32. The van der Waals surface area contributed by atoms with Crippen LogP contribution in [-0.4, -0.2) is 54.9 Å². The van der Waals surface area contributed by atoms with Crippen molar-refractivity contribution in [1.82, 2.24) is 14.5 Å². The molecule has 1 saturated carbocycles. The minimum Gasteiger partial charge on any atom is -0.377 e. The monoisotopic (exact) mass is 383 g/mol. The number of ether oxygens (including phenoxy) is 1. The van der Waals surface area contributed by atoms with Crippen molar-refractivity contribution >= 4 is 9.84 Å². The lowest BCUT2D eigenvalue weighted by Gasteiger charge is -2.26. The zero-order valence-corrected chi connectivity index (χ0v) is 17.0. The molecule has 0 aromatic carbocycles. The molecular weight excluding hydrogens is 350 g/mol. The van der Waals surface area contributed by atoms with E-state index < -0.39 is 9.84 Å². The fraction of sp³-hybridized carbons (Fsp3) is 0.842. The van der Waals surface area contributed by atoms with E-state index in [4.69, 9.17) is 4.74 Å². The number of aromatic nitrogens is 2. The third-order valence-electron chi connectivity index (χ3n) is 5.72. The summed E-state index contributed by atoms with van der Waals surface area (Å²) in [4.78, 5) is 6.63. The first kappa shape index (κ1) is 19.8. The van der Waals surface area contributed by atoms with Gasteiger partial charge in [-0.1, -0.05) is 26.2 Å². The molecule has 3 rings (SSSR count). The number of rotatable bonds is 8. The van der Waals surface area contributed by atoms with Crippen molar-refractivity contribution in [2.45, 2.75) is 76.2 Å². The Morgan fingerprint density at radius 3 is 2.62 bits per heavy atom. The Morgan fingerprint density at radius 1 is 1.23 bits per heavy atom. The third kappa shape index (κ3) is 5.08. The first-order chi connectivity index (χ1) is 12.5. The summed E-state index contributed by atoms with van der Waals surface area (Å²) in [5.41, 5.74) is 1.01. The Hall–Kier alpha value is -0.920. The number of hydrogen-bond acceptors (Lipinski definition) is 5. The lowest BCUT2D eigenvalue weighted by molar-refractivity contribution is 0.0715. The average molecular weight is 384 g/mol. The SMILES string of the molecule is CCN(Cc1cnc(S(C)(=O)=O)n1CC1CCCCC1)CC1CCCO1. The van der Waals surface area contributed by atoms with E-state index in [1.54, 1.807) is 6.20 Å². The Bertz CT molecular complexity index is 674. The normalized spacial score (nSPS) is 22.3. The smallest absolute Gasteiger partial charge is 0.227 e. The summed E-state index contributed by atoms with van der Waals surface area (Å²) in [5.74, 6) is 0.561. The molecule has 0 N–H and O–H groups in total. The predicted octanol–water partition coefficient (Wildman–Crippen LogP) is 2.87. The summed E-state index contributed by atoms with van der Waals surface area (Å²) in [6.07, 6.45) is 11.8. The molecule has 1 aliphatic carbocycles. The summed E-state index contributed by atoms with van der Waals surface area (Å²) in [6, 6.07) is 0. The van der Waals surface area contributed by atoms with Crippen LogP contribution in [0.1, 0.15) is 57.6 Å². The summed E-state index contributed by atoms with van der Waals surface area (Å²) >= 11 is 0. The highest BCUT2D eigenvalue weighted by Gasteiger charge is 2.25. The van der Waals surface area contributed by atoms with Crippen LogP contribution < -0.4 is 0 Å². The van der Waals surface area contributed by atoms with Gasteiger partial charge in [-0.3, -0.25) is 4.90 Å². The zero-order valence-electron chi connectivity index (χ0n) is 16.2. The van der Waals surface area contributed by atoms with Crippen LogP contribution in [0.3, 0.4) is 0 Å². The van der Waals surface area contributed by atoms with Gasteiger partial charge in [0.25, 0.3) is 0 Å². The number of likely N-dealkylation sites (N-methyl/N-ethyl adjacent to an activating group) is 1. The van der Waals surface area contributed by atoms with E-state index in [0.29, 0.717) is 12.0 Å². The molecule has 148 valence electrons. The van der Waals surface area contributed by atoms with E-state index in [9.17, 15) is 8.42 Å². The van der Waals surface area contributed by atoms with E-state index in [-0.39, 0.29) is 5.16 Å². The molecule has 2 aliphatic rings. The Morgan fingerprint density at radius 2 is 2.00 bits per heavy atom. The molecule has 6 nitrogen and oxygen atoms in total. The first-order valence-corrected chi connectivity index (χ1v) is 11.9. The molecule has 2 heterocycles. The molecule has 0 bridgehead atoms. The van der Waals surface area contributed by atoms with E-state index in [0.717, 1.165) is 51.3 Å². The van der Waals surface area contributed by atoms with Crippen molar-refractivity contribution in [1.29, 1.82) is 0 Å². The molecule has 1 aromatic heterocycles. The maximum atomic E-state index is 12.2. The number of sulfone groups is 1. The molecule has 2 fully saturated rings. The quantitative estimate of drug-likeness (QED) is 0.691. The third-order valence-corrected chi connectivity index (χ3v) is 6.71. The van der Waals surface area contributed by atoms with E-state index in [1.165, 1.54) is 38.4 Å². The molecular formula is C19H33N3O3S. The van der Waals surface area contributed by atoms with E-state index >= 15 is 0 Å². The number of nitrogens with zero attached hydrogens (tertiary/aromatic N) is 3. The lowest BCUT2D eigenvalue weighted by atomic mass is 9.89. The summed E-state index contributed by atoms with van der Waals surface area (Å²) < 4.78 is 32.2. The van der Waals surface area contributed by atoms with Crippen LogP contribution in [0.25, 0.3) is 0 Å². The number of imidazole rings is 1. The summed E-state index contributed by atoms with van der Waals surface area (Å²) in [5, 5.41) is 0.228. The van der Waals surface area contributed by atoms with Gasteiger partial charge in [0.1, 0.15) is 0 Å². The Labute approximate surface area is 157 Å². The average Bonchev–Trinajstić information content (AvgIpc) is 3.25. The van der Waals surface area contributed by atoms with Gasteiger partial charge in [0.2, 0.25) is 15.0 Å². The Balaban J connectivity index is 1.77. The molecule has 1 aliphatic heterocycles. The van der Waals surface area contributed by atoms with Crippen molar-refractivity contribution in [3.8, 4) is 0 Å². The molecule has 7 heteroatoms. The second kappa shape index (κ2) is 8.85. The van der Waals surface area contributed by atoms with Crippen molar-refractivity contribution in [2.24, 2.45) is 5.92 Å². The second-order valence-electron chi connectivity index (χ2n) is 7.88. The Kier molecular flexibility index (Phi) is 6.75. The molecule has 0 spiro atoms. The molecule has 1 saturated heterocycles. The maximum Gasteiger partial charge on any atom is 0.227 e. The van der Waals surface area contributed by atoms with Gasteiger partial charge in [0.05, 0.1) is 18.0 Å². The minimum absolute atomic E-state index is 0.228.